The van der Waals surface area contributed by atoms with Crippen LogP contribution in [-0.4, -0.2) is 30.7 Å². The molecule has 168 valence electrons. The SMILES string of the molecule is CCCC(=O)Cc1ccc(C)cc1C1OP(=O)(O)C(O)(Cc2cccnc2)P(=O)(O)O1. The molecule has 0 amide bonds. The number of ketones is 1. The zero-order chi connectivity index (χ0) is 22.9. The van der Waals surface area contributed by atoms with E-state index in [4.69, 9.17) is 9.05 Å². The maximum absolute atomic E-state index is 13.0. The Balaban J connectivity index is 1.98. The Labute approximate surface area is 180 Å². The van der Waals surface area contributed by atoms with Crippen molar-refractivity contribution in [1.82, 2.24) is 4.98 Å². The summed E-state index contributed by atoms with van der Waals surface area (Å²) < 4.78 is 36.4. The average Bonchev–Trinajstić information content (AvgIpc) is 2.68. The smallest absolute Gasteiger partial charge is 0.367 e. The van der Waals surface area contributed by atoms with Crippen LogP contribution in [0.3, 0.4) is 0 Å². The minimum absolute atomic E-state index is 0.0120. The van der Waals surface area contributed by atoms with Crippen molar-refractivity contribution in [3.05, 3.63) is 65.0 Å². The maximum atomic E-state index is 13.0. The lowest BCUT2D eigenvalue weighted by Crippen LogP contribution is -2.38. The number of Topliss-reactive ketones (excluding diaryl/α,β-unsaturated/α-hetero) is 1. The molecule has 1 fully saturated rings. The molecule has 0 aliphatic carbocycles. The van der Waals surface area contributed by atoms with Gasteiger partial charge in [-0.05, 0) is 30.5 Å². The zero-order valence-corrected chi connectivity index (χ0v) is 19.0. The standard InChI is InChI=1S/C20H25NO8P2/c1-3-5-17(22)11-16-8-7-14(2)10-18(16)19-28-30(24,25)20(23,31(26,27)29-19)12-15-6-4-9-21-13-15/h4,6-10,13,19,23H,3,5,11-12H2,1-2H3,(H,24,25)(H,26,27). The lowest BCUT2D eigenvalue weighted by atomic mass is 9.98. The molecule has 1 saturated heterocycles. The topological polar surface area (TPSA) is 143 Å². The summed E-state index contributed by atoms with van der Waals surface area (Å²) in [5.41, 5.74) is 1.62. The fourth-order valence-corrected chi connectivity index (χ4v) is 6.93. The zero-order valence-electron chi connectivity index (χ0n) is 17.2. The Morgan fingerprint density at radius 2 is 1.87 bits per heavy atom. The predicted octanol–water partition coefficient (Wildman–Crippen LogP) is 3.61. The monoisotopic (exact) mass is 469 g/mol. The second kappa shape index (κ2) is 9.04. The summed E-state index contributed by atoms with van der Waals surface area (Å²) in [6.45, 7) is 3.62. The van der Waals surface area contributed by atoms with E-state index in [1.807, 2.05) is 6.92 Å². The number of aliphatic hydroxyl groups is 1. The van der Waals surface area contributed by atoms with E-state index < -0.39 is 33.0 Å². The Kier molecular flexibility index (Phi) is 6.99. The normalized spacial score (nSPS) is 30.8. The number of benzene rings is 1. The fourth-order valence-electron chi connectivity index (χ4n) is 3.37. The molecule has 0 spiro atoms. The number of carbonyl (C=O) groups is 1. The van der Waals surface area contributed by atoms with Gasteiger partial charge in [0.2, 0.25) is 6.29 Å². The molecule has 0 saturated carbocycles. The van der Waals surface area contributed by atoms with E-state index in [-0.39, 0.29) is 23.3 Å². The van der Waals surface area contributed by atoms with Gasteiger partial charge in [-0.3, -0.25) is 28.0 Å². The Morgan fingerprint density at radius 1 is 1.19 bits per heavy atom. The first-order valence-corrected chi connectivity index (χ1v) is 12.9. The van der Waals surface area contributed by atoms with Gasteiger partial charge in [0.1, 0.15) is 5.78 Å². The molecule has 1 aliphatic rings. The third-order valence-electron chi connectivity index (χ3n) is 5.02. The molecule has 0 radical (unpaired) electrons. The van der Waals surface area contributed by atoms with E-state index >= 15 is 0 Å². The number of hydrogen-bond acceptors (Lipinski definition) is 7. The summed E-state index contributed by atoms with van der Waals surface area (Å²) in [5, 5.41) is 7.76. The first-order valence-electron chi connectivity index (χ1n) is 9.74. The highest BCUT2D eigenvalue weighted by Crippen LogP contribution is 2.79. The molecule has 1 aromatic carbocycles. The highest BCUT2D eigenvalue weighted by atomic mass is 31.2. The number of hydrogen-bond donors (Lipinski definition) is 3. The van der Waals surface area contributed by atoms with Crippen molar-refractivity contribution in [2.75, 3.05) is 0 Å². The van der Waals surface area contributed by atoms with Gasteiger partial charge in [-0.1, -0.05) is 36.8 Å². The van der Waals surface area contributed by atoms with Gasteiger partial charge in [-0.2, -0.15) is 0 Å². The minimum Gasteiger partial charge on any atom is -0.367 e. The Bertz CT molecular complexity index is 1030. The highest BCUT2D eigenvalue weighted by molar-refractivity contribution is 7.73. The van der Waals surface area contributed by atoms with Gasteiger partial charge in [0.15, 0.2) is 0 Å². The quantitative estimate of drug-likeness (QED) is 0.518. The van der Waals surface area contributed by atoms with Crippen molar-refractivity contribution in [2.24, 2.45) is 0 Å². The summed E-state index contributed by atoms with van der Waals surface area (Å²) in [6.07, 6.45) is 1.39. The number of nitrogens with zero attached hydrogens (tertiary/aromatic N) is 1. The van der Waals surface area contributed by atoms with E-state index in [1.54, 1.807) is 25.1 Å². The first kappa shape index (κ1) is 24.0. The third kappa shape index (κ3) is 4.89. The van der Waals surface area contributed by atoms with Gasteiger partial charge >= 0.3 is 15.2 Å². The molecule has 2 heterocycles. The van der Waals surface area contributed by atoms with Gasteiger partial charge in [-0.15, -0.1) is 0 Å². The molecule has 2 atom stereocenters. The lowest BCUT2D eigenvalue weighted by molar-refractivity contribution is -0.118. The van der Waals surface area contributed by atoms with Crippen LogP contribution in [0.5, 0.6) is 0 Å². The molecule has 1 aliphatic heterocycles. The molecular weight excluding hydrogens is 444 g/mol. The molecular formula is C20H25NO8P2. The summed E-state index contributed by atoms with van der Waals surface area (Å²) >= 11 is 0. The van der Waals surface area contributed by atoms with Crippen LogP contribution >= 0.6 is 15.2 Å². The number of pyridine rings is 1. The van der Waals surface area contributed by atoms with E-state index in [9.17, 15) is 28.8 Å². The van der Waals surface area contributed by atoms with E-state index in [1.165, 1.54) is 24.5 Å². The van der Waals surface area contributed by atoms with Crippen molar-refractivity contribution < 1.29 is 37.9 Å². The van der Waals surface area contributed by atoms with Gasteiger partial charge in [0, 0.05) is 37.2 Å². The van der Waals surface area contributed by atoms with Crippen molar-refractivity contribution in [3.8, 4) is 0 Å². The second-order valence-electron chi connectivity index (χ2n) is 7.56. The number of rotatable bonds is 7. The largest absolute Gasteiger partial charge is 0.374 e. The van der Waals surface area contributed by atoms with E-state index in [0.717, 1.165) is 5.56 Å². The van der Waals surface area contributed by atoms with E-state index in [0.29, 0.717) is 18.4 Å². The van der Waals surface area contributed by atoms with Crippen molar-refractivity contribution in [2.45, 2.75) is 50.9 Å². The average molecular weight is 469 g/mol. The number of carbonyl (C=O) groups excluding carboxylic acids is 1. The van der Waals surface area contributed by atoms with Crippen LogP contribution in [0, 0.1) is 6.92 Å². The van der Waals surface area contributed by atoms with E-state index in [2.05, 4.69) is 4.98 Å². The molecule has 9 nitrogen and oxygen atoms in total. The summed E-state index contributed by atoms with van der Waals surface area (Å²) in [5.74, 6) is -0.0594. The molecule has 3 N–H and O–H groups in total. The maximum Gasteiger partial charge on any atom is 0.374 e. The minimum atomic E-state index is -5.09. The molecule has 2 aromatic rings. The second-order valence-corrected chi connectivity index (χ2v) is 11.9. The third-order valence-corrected chi connectivity index (χ3v) is 9.62. The first-order chi connectivity index (χ1) is 14.5. The molecule has 1 aromatic heterocycles. The number of aryl methyl sites for hydroxylation is 1. The molecule has 0 bridgehead atoms. The van der Waals surface area contributed by atoms with Crippen LogP contribution in [0.25, 0.3) is 0 Å². The molecule has 11 heteroatoms. The lowest BCUT2D eigenvalue weighted by Gasteiger charge is -2.41. The van der Waals surface area contributed by atoms with Gasteiger partial charge in [0.25, 0.3) is 5.08 Å². The van der Waals surface area contributed by atoms with Crippen LogP contribution in [-0.2, 0) is 35.8 Å². The van der Waals surface area contributed by atoms with Crippen LogP contribution in [0.15, 0.2) is 42.7 Å². The highest BCUT2D eigenvalue weighted by Gasteiger charge is 2.67. The van der Waals surface area contributed by atoms with Crippen molar-refractivity contribution in [1.29, 1.82) is 0 Å². The summed E-state index contributed by atoms with van der Waals surface area (Å²) in [4.78, 5) is 37.1. The van der Waals surface area contributed by atoms with Crippen molar-refractivity contribution in [3.63, 3.8) is 0 Å². The summed E-state index contributed by atoms with van der Waals surface area (Å²) in [7, 11) is -10.2. The van der Waals surface area contributed by atoms with Crippen LogP contribution < -0.4 is 0 Å². The molecule has 31 heavy (non-hydrogen) atoms. The van der Waals surface area contributed by atoms with Gasteiger partial charge in [-0.25, -0.2) is 0 Å². The fraction of sp³-hybridized carbons (Fsp3) is 0.400. The predicted molar refractivity (Wildman–Crippen MR) is 112 cm³/mol. The van der Waals surface area contributed by atoms with Crippen LogP contribution in [0.2, 0.25) is 0 Å². The Hall–Kier alpha value is -1.70. The number of aromatic nitrogens is 1. The van der Waals surface area contributed by atoms with Crippen molar-refractivity contribution >= 4 is 21.0 Å². The van der Waals surface area contributed by atoms with Crippen LogP contribution in [0.1, 0.15) is 48.3 Å². The Morgan fingerprint density at radius 3 is 2.45 bits per heavy atom. The molecule has 2 unspecified atom stereocenters. The van der Waals surface area contributed by atoms with Gasteiger partial charge < -0.3 is 14.9 Å². The molecule has 3 rings (SSSR count). The van der Waals surface area contributed by atoms with Crippen LogP contribution in [0.4, 0.5) is 0 Å². The summed E-state index contributed by atoms with van der Waals surface area (Å²) in [6, 6.07) is 7.95. The van der Waals surface area contributed by atoms with Gasteiger partial charge in [0.05, 0.1) is 0 Å².